The minimum absolute atomic E-state index is 0.126. The zero-order chi connectivity index (χ0) is 19.3. The summed E-state index contributed by atoms with van der Waals surface area (Å²) >= 11 is 3.46. The van der Waals surface area contributed by atoms with E-state index in [0.29, 0.717) is 0 Å². The maximum Gasteiger partial charge on any atom is 0.315 e. The molecule has 0 bridgehead atoms. The van der Waals surface area contributed by atoms with Crippen molar-refractivity contribution in [2.75, 3.05) is 0 Å². The van der Waals surface area contributed by atoms with Crippen molar-refractivity contribution >= 4 is 34.6 Å². The third-order valence-corrected chi connectivity index (χ3v) is 9.74. The second-order valence-electron chi connectivity index (χ2n) is 8.02. The third-order valence-electron chi connectivity index (χ3n) is 4.49. The number of pyridine rings is 1. The standard InChI is InChI=1S/C23H26BrNOSi/c1-23(2,3)18-27(21-10-6-4-7-11-21,22-12-8-5-9-13-22)26-20-15-14-19(16-24)25-17-20/h4-15,17H,16,18H2,1-3H3. The summed E-state index contributed by atoms with van der Waals surface area (Å²) in [6.07, 6.45) is 1.85. The Hall–Kier alpha value is -1.91. The topological polar surface area (TPSA) is 22.1 Å². The summed E-state index contributed by atoms with van der Waals surface area (Å²) in [6, 6.07) is 26.5. The average molecular weight is 440 g/mol. The van der Waals surface area contributed by atoms with Crippen LogP contribution in [0, 0.1) is 5.41 Å². The van der Waals surface area contributed by atoms with Gasteiger partial charge < -0.3 is 4.43 Å². The van der Waals surface area contributed by atoms with E-state index in [9.17, 15) is 0 Å². The second-order valence-corrected chi connectivity index (χ2v) is 11.9. The lowest BCUT2D eigenvalue weighted by Gasteiger charge is -2.37. The Kier molecular flexibility index (Phi) is 6.17. The molecule has 0 fully saturated rings. The molecule has 2 aromatic carbocycles. The first kappa shape index (κ1) is 19.8. The van der Waals surface area contributed by atoms with Gasteiger partial charge in [0.25, 0.3) is 0 Å². The van der Waals surface area contributed by atoms with Crippen LogP contribution in [-0.4, -0.2) is 13.3 Å². The van der Waals surface area contributed by atoms with E-state index in [1.807, 2.05) is 18.3 Å². The molecule has 0 aliphatic heterocycles. The molecule has 3 aromatic rings. The molecular formula is C23H26BrNOSi. The summed E-state index contributed by atoms with van der Waals surface area (Å²) in [4.78, 5) is 4.52. The van der Waals surface area contributed by atoms with Crippen LogP contribution in [0.4, 0.5) is 0 Å². The van der Waals surface area contributed by atoms with E-state index in [0.717, 1.165) is 22.8 Å². The molecule has 0 spiro atoms. The van der Waals surface area contributed by atoms with Gasteiger partial charge in [0.1, 0.15) is 5.75 Å². The Labute approximate surface area is 171 Å². The number of rotatable bonds is 6. The largest absolute Gasteiger partial charge is 0.533 e. The van der Waals surface area contributed by atoms with Crippen LogP contribution in [0.5, 0.6) is 5.75 Å². The van der Waals surface area contributed by atoms with Crippen molar-refractivity contribution in [2.24, 2.45) is 5.41 Å². The van der Waals surface area contributed by atoms with Crippen molar-refractivity contribution in [3.63, 3.8) is 0 Å². The molecule has 0 aliphatic rings. The average Bonchev–Trinajstić information content (AvgIpc) is 2.68. The minimum Gasteiger partial charge on any atom is -0.533 e. The Morgan fingerprint density at radius 1 is 0.852 bits per heavy atom. The van der Waals surface area contributed by atoms with Crippen molar-refractivity contribution in [3.05, 3.63) is 84.7 Å². The number of alkyl halides is 1. The van der Waals surface area contributed by atoms with E-state index in [-0.39, 0.29) is 5.41 Å². The Morgan fingerprint density at radius 2 is 1.41 bits per heavy atom. The van der Waals surface area contributed by atoms with Crippen molar-refractivity contribution < 1.29 is 4.43 Å². The highest BCUT2D eigenvalue weighted by Crippen LogP contribution is 2.30. The Balaban J connectivity index is 2.15. The van der Waals surface area contributed by atoms with Gasteiger partial charge in [-0.15, -0.1) is 0 Å². The Bertz CT molecular complexity index is 806. The molecule has 0 amide bonds. The summed E-state index contributed by atoms with van der Waals surface area (Å²) in [7, 11) is -2.50. The number of benzene rings is 2. The normalized spacial score (nSPS) is 12.0. The van der Waals surface area contributed by atoms with Crippen LogP contribution in [0.25, 0.3) is 0 Å². The maximum absolute atomic E-state index is 6.91. The van der Waals surface area contributed by atoms with Crippen molar-refractivity contribution in [3.8, 4) is 5.75 Å². The molecule has 3 rings (SSSR count). The first-order valence-corrected chi connectivity index (χ1v) is 12.5. The molecule has 0 saturated carbocycles. The highest BCUT2D eigenvalue weighted by atomic mass is 79.9. The van der Waals surface area contributed by atoms with Crippen molar-refractivity contribution in [2.45, 2.75) is 32.1 Å². The van der Waals surface area contributed by atoms with Crippen LogP contribution in [0.15, 0.2) is 79.0 Å². The number of hydrogen-bond donors (Lipinski definition) is 0. The zero-order valence-electron chi connectivity index (χ0n) is 16.2. The summed E-state index contributed by atoms with van der Waals surface area (Å²) in [6.45, 7) is 6.86. The number of hydrogen-bond acceptors (Lipinski definition) is 2. The lowest BCUT2D eigenvalue weighted by molar-refractivity contribution is 0.433. The quantitative estimate of drug-likeness (QED) is 0.390. The van der Waals surface area contributed by atoms with Crippen LogP contribution in [0.1, 0.15) is 26.5 Å². The molecule has 0 N–H and O–H groups in total. The van der Waals surface area contributed by atoms with Crippen LogP contribution >= 0.6 is 15.9 Å². The fourth-order valence-electron chi connectivity index (χ4n) is 3.44. The van der Waals surface area contributed by atoms with Crippen LogP contribution in [0.2, 0.25) is 6.04 Å². The predicted molar refractivity (Wildman–Crippen MR) is 120 cm³/mol. The van der Waals surface area contributed by atoms with E-state index in [1.165, 1.54) is 10.4 Å². The van der Waals surface area contributed by atoms with Gasteiger partial charge in [-0.1, -0.05) is 97.4 Å². The van der Waals surface area contributed by atoms with Gasteiger partial charge in [0, 0.05) is 5.33 Å². The number of nitrogens with zero attached hydrogens (tertiary/aromatic N) is 1. The molecule has 2 nitrogen and oxygen atoms in total. The second kappa shape index (κ2) is 8.40. The zero-order valence-corrected chi connectivity index (χ0v) is 18.7. The monoisotopic (exact) mass is 439 g/mol. The molecule has 1 aromatic heterocycles. The summed E-state index contributed by atoms with van der Waals surface area (Å²) in [5, 5.41) is 3.32. The van der Waals surface area contributed by atoms with Gasteiger partial charge in [0.05, 0.1) is 11.9 Å². The maximum atomic E-state index is 6.91. The van der Waals surface area contributed by atoms with Crippen molar-refractivity contribution in [1.82, 2.24) is 4.98 Å². The smallest absolute Gasteiger partial charge is 0.315 e. The predicted octanol–water partition coefficient (Wildman–Crippen LogP) is 5.16. The summed E-state index contributed by atoms with van der Waals surface area (Å²) < 4.78 is 6.91. The van der Waals surface area contributed by atoms with Gasteiger partial charge >= 0.3 is 8.32 Å². The van der Waals surface area contributed by atoms with Crippen molar-refractivity contribution in [1.29, 1.82) is 0 Å². The molecule has 0 radical (unpaired) electrons. The fourth-order valence-corrected chi connectivity index (χ4v) is 8.30. The van der Waals surface area contributed by atoms with Gasteiger partial charge in [-0.2, -0.15) is 0 Å². The minimum atomic E-state index is -2.50. The highest BCUT2D eigenvalue weighted by Gasteiger charge is 2.44. The van der Waals surface area contributed by atoms with Gasteiger partial charge in [-0.3, -0.25) is 4.98 Å². The fraction of sp³-hybridized carbons (Fsp3) is 0.261. The lowest BCUT2D eigenvalue weighted by Crippen LogP contribution is -2.64. The molecular weight excluding hydrogens is 414 g/mol. The van der Waals surface area contributed by atoms with Gasteiger partial charge in [0.15, 0.2) is 0 Å². The summed E-state index contributed by atoms with van der Waals surface area (Å²) in [5.41, 5.74) is 1.13. The molecule has 0 atom stereocenters. The summed E-state index contributed by atoms with van der Waals surface area (Å²) in [5.74, 6) is 0.836. The van der Waals surface area contributed by atoms with E-state index in [1.54, 1.807) is 0 Å². The van der Waals surface area contributed by atoms with E-state index in [4.69, 9.17) is 4.43 Å². The molecule has 4 heteroatoms. The van der Waals surface area contributed by atoms with E-state index in [2.05, 4.69) is 102 Å². The van der Waals surface area contributed by atoms with Gasteiger partial charge in [-0.05, 0) is 34.0 Å². The lowest BCUT2D eigenvalue weighted by atomic mass is 10.0. The molecule has 0 saturated heterocycles. The third kappa shape index (κ3) is 4.88. The number of aromatic nitrogens is 1. The molecule has 1 heterocycles. The molecule has 27 heavy (non-hydrogen) atoms. The Morgan fingerprint density at radius 3 is 1.81 bits per heavy atom. The van der Waals surface area contributed by atoms with Crippen LogP contribution in [0.3, 0.4) is 0 Å². The first-order chi connectivity index (χ1) is 12.9. The molecule has 0 unspecified atom stereocenters. The van der Waals surface area contributed by atoms with E-state index >= 15 is 0 Å². The van der Waals surface area contributed by atoms with Gasteiger partial charge in [-0.25, -0.2) is 0 Å². The van der Waals surface area contributed by atoms with Gasteiger partial charge in [0.2, 0.25) is 0 Å². The van der Waals surface area contributed by atoms with Crippen LogP contribution < -0.4 is 14.8 Å². The number of halogens is 1. The van der Waals surface area contributed by atoms with E-state index < -0.39 is 8.32 Å². The highest BCUT2D eigenvalue weighted by molar-refractivity contribution is 9.08. The molecule has 0 aliphatic carbocycles. The SMILES string of the molecule is CC(C)(C)C[Si](Oc1ccc(CBr)nc1)(c1ccccc1)c1ccccc1. The van der Waals surface area contributed by atoms with Crippen LogP contribution in [-0.2, 0) is 5.33 Å². The molecule has 140 valence electrons. The first-order valence-electron chi connectivity index (χ1n) is 9.24.